The van der Waals surface area contributed by atoms with Gasteiger partial charge in [-0.1, -0.05) is 23.4 Å². The molecule has 1 N–H and O–H groups in total. The van der Waals surface area contributed by atoms with Gasteiger partial charge in [-0.3, -0.25) is 0 Å². The maximum absolute atomic E-state index is 13.0. The summed E-state index contributed by atoms with van der Waals surface area (Å²) in [5.74, 6) is 2.13. The van der Waals surface area contributed by atoms with Crippen LogP contribution in [0.2, 0.25) is 0 Å². The summed E-state index contributed by atoms with van der Waals surface area (Å²) in [7, 11) is 3.18. The third kappa shape index (κ3) is 3.80. The number of anilines is 1. The molecular weight excluding hydrogens is 384 g/mol. The Morgan fingerprint density at radius 1 is 1.17 bits per heavy atom. The number of likely N-dealkylation sites (tertiary alicyclic amines) is 1. The van der Waals surface area contributed by atoms with Crippen molar-refractivity contribution in [3.05, 3.63) is 53.9 Å². The second-order valence-electron chi connectivity index (χ2n) is 7.14. The second-order valence-corrected chi connectivity index (χ2v) is 7.14. The highest BCUT2D eigenvalue weighted by molar-refractivity contribution is 5.91. The molecular formula is C22H24N4O4. The zero-order valence-corrected chi connectivity index (χ0v) is 17.2. The molecule has 0 bridgehead atoms. The van der Waals surface area contributed by atoms with E-state index in [-0.39, 0.29) is 12.1 Å². The van der Waals surface area contributed by atoms with Gasteiger partial charge in [0.1, 0.15) is 17.5 Å². The highest BCUT2D eigenvalue weighted by Gasteiger charge is 2.34. The minimum Gasteiger partial charge on any atom is -0.496 e. The number of aryl methyl sites for hydroxylation is 1. The van der Waals surface area contributed by atoms with Gasteiger partial charge in [-0.05, 0) is 49.6 Å². The number of hydrogen-bond acceptors (Lipinski definition) is 6. The number of carbonyl (C=O) groups is 1. The molecule has 0 saturated carbocycles. The number of ether oxygens (including phenoxy) is 2. The molecule has 1 aromatic heterocycles. The summed E-state index contributed by atoms with van der Waals surface area (Å²) in [5.41, 5.74) is 2.41. The van der Waals surface area contributed by atoms with Crippen LogP contribution in [0.15, 0.2) is 47.0 Å². The van der Waals surface area contributed by atoms with Crippen molar-refractivity contribution in [2.75, 3.05) is 26.1 Å². The molecule has 2 heterocycles. The van der Waals surface area contributed by atoms with Crippen molar-refractivity contribution in [1.82, 2.24) is 15.0 Å². The molecule has 1 aliphatic rings. The molecule has 2 amide bonds. The van der Waals surface area contributed by atoms with Gasteiger partial charge in [-0.25, -0.2) is 4.79 Å². The van der Waals surface area contributed by atoms with E-state index in [1.54, 1.807) is 19.1 Å². The number of methoxy groups -OCH3 is 2. The van der Waals surface area contributed by atoms with E-state index < -0.39 is 0 Å². The number of carbonyl (C=O) groups excluding carboxylic acids is 1. The van der Waals surface area contributed by atoms with Gasteiger partial charge in [-0.2, -0.15) is 4.98 Å². The van der Waals surface area contributed by atoms with Crippen LogP contribution in [0.4, 0.5) is 10.5 Å². The zero-order valence-electron chi connectivity index (χ0n) is 17.2. The number of urea groups is 1. The van der Waals surface area contributed by atoms with E-state index in [2.05, 4.69) is 15.5 Å². The molecule has 3 aromatic rings. The molecule has 0 radical (unpaired) electrons. The van der Waals surface area contributed by atoms with Crippen molar-refractivity contribution >= 4 is 11.7 Å². The average Bonchev–Trinajstić information content (AvgIpc) is 3.43. The topological polar surface area (TPSA) is 89.7 Å². The van der Waals surface area contributed by atoms with Crippen molar-refractivity contribution in [2.24, 2.45) is 0 Å². The van der Waals surface area contributed by atoms with Gasteiger partial charge >= 0.3 is 6.03 Å². The van der Waals surface area contributed by atoms with E-state index in [0.29, 0.717) is 35.4 Å². The molecule has 1 atom stereocenters. The Bertz CT molecular complexity index is 1050. The zero-order chi connectivity index (χ0) is 21.1. The third-order valence-corrected chi connectivity index (χ3v) is 5.18. The lowest BCUT2D eigenvalue weighted by Gasteiger charge is -2.23. The number of benzene rings is 2. The lowest BCUT2D eigenvalue weighted by molar-refractivity contribution is 0.193. The fraction of sp³-hybridized carbons (Fsp3) is 0.318. The van der Waals surface area contributed by atoms with Crippen molar-refractivity contribution < 1.29 is 18.8 Å². The molecule has 8 heteroatoms. The second kappa shape index (κ2) is 8.44. The molecule has 4 rings (SSSR count). The third-order valence-electron chi connectivity index (χ3n) is 5.18. The van der Waals surface area contributed by atoms with Crippen LogP contribution in [0.1, 0.15) is 30.3 Å². The molecule has 30 heavy (non-hydrogen) atoms. The van der Waals surface area contributed by atoms with Crippen LogP contribution < -0.4 is 14.8 Å². The molecule has 2 aromatic carbocycles. The van der Waals surface area contributed by atoms with Crippen LogP contribution in [0.5, 0.6) is 11.5 Å². The van der Waals surface area contributed by atoms with Crippen molar-refractivity contribution in [1.29, 1.82) is 0 Å². The molecule has 156 valence electrons. The Kier molecular flexibility index (Phi) is 5.56. The van der Waals surface area contributed by atoms with Crippen molar-refractivity contribution in [3.63, 3.8) is 0 Å². The molecule has 0 aliphatic carbocycles. The highest BCUT2D eigenvalue weighted by atomic mass is 16.5. The number of para-hydroxylation sites is 1. The minimum atomic E-state index is -0.281. The maximum Gasteiger partial charge on any atom is 0.322 e. The van der Waals surface area contributed by atoms with E-state index in [0.717, 1.165) is 24.0 Å². The van der Waals surface area contributed by atoms with Crippen LogP contribution in [0.25, 0.3) is 11.4 Å². The molecule has 1 saturated heterocycles. The number of aromatic nitrogens is 2. The molecule has 1 fully saturated rings. The molecule has 0 spiro atoms. The fourth-order valence-electron chi connectivity index (χ4n) is 3.68. The Balaban J connectivity index is 1.55. The smallest absolute Gasteiger partial charge is 0.322 e. The molecule has 0 unspecified atom stereocenters. The Labute approximate surface area is 174 Å². The first-order chi connectivity index (χ1) is 14.6. The summed E-state index contributed by atoms with van der Waals surface area (Å²) in [6.07, 6.45) is 1.61. The Morgan fingerprint density at radius 2 is 1.97 bits per heavy atom. The van der Waals surface area contributed by atoms with Gasteiger partial charge < -0.3 is 24.2 Å². The lowest BCUT2D eigenvalue weighted by atomic mass is 10.2. The number of rotatable bonds is 5. The van der Waals surface area contributed by atoms with Gasteiger partial charge in [0.05, 0.1) is 25.5 Å². The van der Waals surface area contributed by atoms with Crippen LogP contribution in [0.3, 0.4) is 0 Å². The van der Waals surface area contributed by atoms with E-state index in [4.69, 9.17) is 14.0 Å². The molecule has 8 nitrogen and oxygen atoms in total. The highest BCUT2D eigenvalue weighted by Crippen LogP contribution is 2.35. The van der Waals surface area contributed by atoms with Crippen LogP contribution in [-0.2, 0) is 0 Å². The summed E-state index contributed by atoms with van der Waals surface area (Å²) in [5, 5.41) is 7.06. The molecule has 1 aliphatic heterocycles. The van der Waals surface area contributed by atoms with Gasteiger partial charge in [0, 0.05) is 6.54 Å². The summed E-state index contributed by atoms with van der Waals surface area (Å²) >= 11 is 0. The first kappa shape index (κ1) is 19.8. The van der Waals surface area contributed by atoms with E-state index in [1.165, 1.54) is 0 Å². The van der Waals surface area contributed by atoms with Gasteiger partial charge in [-0.15, -0.1) is 0 Å². The van der Waals surface area contributed by atoms with E-state index in [1.807, 2.05) is 49.4 Å². The average molecular weight is 408 g/mol. The minimum absolute atomic E-state index is 0.224. The number of nitrogens with one attached hydrogen (secondary N) is 1. The first-order valence-corrected chi connectivity index (χ1v) is 9.80. The SMILES string of the molecule is COc1ccc(C)cc1NC(=O)N1CCC[C@H]1c1nc(-c2ccccc2OC)no1. The predicted molar refractivity (Wildman–Crippen MR) is 112 cm³/mol. The standard InChI is InChI=1S/C22H24N4O4/c1-14-10-11-19(29-3)16(13-14)23-22(27)26-12-6-8-17(26)21-24-20(25-30-21)15-7-4-5-9-18(15)28-2/h4-5,7,9-11,13,17H,6,8,12H2,1-3H3,(H,23,27)/t17-/m0/s1. The number of amides is 2. The summed E-state index contributed by atoms with van der Waals surface area (Å²) in [4.78, 5) is 19.3. The van der Waals surface area contributed by atoms with Crippen LogP contribution in [-0.4, -0.2) is 41.8 Å². The first-order valence-electron chi connectivity index (χ1n) is 9.80. The van der Waals surface area contributed by atoms with Gasteiger partial charge in [0.25, 0.3) is 0 Å². The predicted octanol–water partition coefficient (Wildman–Crippen LogP) is 4.43. The van der Waals surface area contributed by atoms with E-state index in [9.17, 15) is 4.79 Å². The normalized spacial score (nSPS) is 15.8. The Hall–Kier alpha value is -3.55. The summed E-state index contributed by atoms with van der Waals surface area (Å²) in [6, 6.07) is 12.6. The van der Waals surface area contributed by atoms with Crippen LogP contribution in [0, 0.1) is 6.92 Å². The van der Waals surface area contributed by atoms with Crippen LogP contribution >= 0.6 is 0 Å². The quantitative estimate of drug-likeness (QED) is 0.672. The van der Waals surface area contributed by atoms with Crippen molar-refractivity contribution in [3.8, 4) is 22.9 Å². The van der Waals surface area contributed by atoms with Gasteiger partial charge in [0.2, 0.25) is 11.7 Å². The van der Waals surface area contributed by atoms with Gasteiger partial charge in [0.15, 0.2) is 0 Å². The summed E-state index contributed by atoms with van der Waals surface area (Å²) < 4.78 is 16.3. The Morgan fingerprint density at radius 3 is 2.77 bits per heavy atom. The number of nitrogens with zero attached hydrogens (tertiary/aromatic N) is 3. The lowest BCUT2D eigenvalue weighted by Crippen LogP contribution is -2.34. The van der Waals surface area contributed by atoms with E-state index >= 15 is 0 Å². The number of hydrogen-bond donors (Lipinski definition) is 1. The fourth-order valence-corrected chi connectivity index (χ4v) is 3.68. The monoisotopic (exact) mass is 408 g/mol. The summed E-state index contributed by atoms with van der Waals surface area (Å²) in [6.45, 7) is 2.57. The van der Waals surface area contributed by atoms with Crippen molar-refractivity contribution in [2.45, 2.75) is 25.8 Å². The largest absolute Gasteiger partial charge is 0.496 e. The maximum atomic E-state index is 13.0.